The van der Waals surface area contributed by atoms with E-state index in [1.54, 1.807) is 35.0 Å². The second kappa shape index (κ2) is 7.44. The fraction of sp³-hybridized carbons (Fsp3) is 0.235. The molecule has 3 rings (SSSR count). The highest BCUT2D eigenvalue weighted by atomic mass is 32.2. The monoisotopic (exact) mass is 345 g/mol. The van der Waals surface area contributed by atoms with Crippen LogP contribution in [-0.2, 0) is 11.3 Å². The number of nitrogens with zero attached hydrogens (tertiary/aromatic N) is 3. The lowest BCUT2D eigenvalue weighted by Gasteiger charge is -2.06. The molecule has 124 valence electrons. The van der Waals surface area contributed by atoms with Crippen molar-refractivity contribution in [3.8, 4) is 0 Å². The topological polar surface area (TPSA) is 57.0 Å². The van der Waals surface area contributed by atoms with Gasteiger partial charge in [0.15, 0.2) is 0 Å². The molecule has 0 aliphatic rings. The van der Waals surface area contributed by atoms with Crippen LogP contribution in [-0.4, -0.2) is 33.3 Å². The van der Waals surface area contributed by atoms with Gasteiger partial charge in [-0.05, 0) is 37.3 Å². The van der Waals surface area contributed by atoms with Crippen molar-refractivity contribution in [1.29, 1.82) is 0 Å². The summed E-state index contributed by atoms with van der Waals surface area (Å²) >= 11 is 1.32. The molecular weight excluding hydrogens is 329 g/mol. The number of hydrogen-bond donors (Lipinski definition) is 0. The number of thioether (sulfide) groups is 1. The van der Waals surface area contributed by atoms with Gasteiger partial charge in [-0.1, -0.05) is 17.3 Å². The number of aromatic nitrogens is 3. The van der Waals surface area contributed by atoms with Gasteiger partial charge in [-0.15, -0.1) is 16.9 Å². The number of carbonyl (C=O) groups excluding carboxylic acids is 1. The number of fused-ring (bicyclic) bond motifs is 1. The Hall–Kier alpha value is -2.41. The predicted molar refractivity (Wildman–Crippen MR) is 90.6 cm³/mol. The average molecular weight is 345 g/mol. The molecule has 0 bridgehead atoms. The molecule has 24 heavy (non-hydrogen) atoms. The molecule has 0 N–H and O–H groups in total. The summed E-state index contributed by atoms with van der Waals surface area (Å²) in [6.45, 7) is 2.90. The highest BCUT2D eigenvalue weighted by Crippen LogP contribution is 2.21. The van der Waals surface area contributed by atoms with E-state index in [0.29, 0.717) is 28.3 Å². The number of hydrogen-bond acceptors (Lipinski definition) is 5. The Labute approximate surface area is 142 Å². The van der Waals surface area contributed by atoms with Crippen molar-refractivity contribution in [2.24, 2.45) is 0 Å². The van der Waals surface area contributed by atoms with Gasteiger partial charge >= 0.3 is 5.97 Å². The zero-order chi connectivity index (χ0) is 16.9. The lowest BCUT2D eigenvalue weighted by molar-refractivity contribution is 0.0530. The van der Waals surface area contributed by atoms with Crippen LogP contribution in [0.4, 0.5) is 4.39 Å². The first kappa shape index (κ1) is 16.4. The van der Waals surface area contributed by atoms with Gasteiger partial charge in [0.25, 0.3) is 0 Å². The predicted octanol–water partition coefficient (Wildman–Crippen LogP) is 3.54. The normalized spacial score (nSPS) is 10.9. The first-order valence-corrected chi connectivity index (χ1v) is 8.55. The summed E-state index contributed by atoms with van der Waals surface area (Å²) in [5, 5.41) is 8.04. The molecule has 0 saturated carbocycles. The van der Waals surface area contributed by atoms with Crippen molar-refractivity contribution in [2.75, 3.05) is 12.4 Å². The Kier molecular flexibility index (Phi) is 5.10. The van der Waals surface area contributed by atoms with Crippen LogP contribution >= 0.6 is 11.8 Å². The van der Waals surface area contributed by atoms with E-state index in [9.17, 15) is 9.18 Å². The minimum Gasteiger partial charge on any atom is -0.461 e. The van der Waals surface area contributed by atoms with Gasteiger partial charge in [-0.25, -0.2) is 13.9 Å². The minimum atomic E-state index is -0.419. The molecule has 0 aliphatic heterocycles. The third-order valence-electron chi connectivity index (χ3n) is 3.46. The molecule has 3 aromatic rings. The Morgan fingerprint density at radius 1 is 1.29 bits per heavy atom. The molecule has 0 atom stereocenters. The highest BCUT2D eigenvalue weighted by molar-refractivity contribution is 7.99. The van der Waals surface area contributed by atoms with Gasteiger partial charge in [0, 0.05) is 17.2 Å². The number of carbonyl (C=O) groups is 1. The van der Waals surface area contributed by atoms with Gasteiger partial charge in [-0.3, -0.25) is 0 Å². The van der Waals surface area contributed by atoms with E-state index < -0.39 is 5.97 Å². The van der Waals surface area contributed by atoms with E-state index in [-0.39, 0.29) is 12.4 Å². The van der Waals surface area contributed by atoms with Crippen LogP contribution in [0.1, 0.15) is 17.3 Å². The maximum atomic E-state index is 13.5. The minimum absolute atomic E-state index is 0.206. The molecule has 0 fully saturated rings. The van der Waals surface area contributed by atoms with Gasteiger partial charge in [0.1, 0.15) is 17.9 Å². The Morgan fingerprint density at radius 2 is 2.12 bits per heavy atom. The number of ether oxygens (including phenoxy) is 1. The number of rotatable bonds is 6. The van der Waals surface area contributed by atoms with Crippen LogP contribution in [0, 0.1) is 5.82 Å². The Morgan fingerprint density at radius 3 is 2.92 bits per heavy atom. The Balaban J connectivity index is 1.56. The molecule has 5 nitrogen and oxygen atoms in total. The number of halogens is 1. The van der Waals surface area contributed by atoms with E-state index in [1.165, 1.54) is 17.8 Å². The SMILES string of the molecule is CCn1nnc2cc(C(=O)OCCSc3ccccc3F)ccc21. The summed E-state index contributed by atoms with van der Waals surface area (Å²) in [7, 11) is 0. The van der Waals surface area contributed by atoms with Crippen LogP contribution in [0.3, 0.4) is 0 Å². The lowest BCUT2D eigenvalue weighted by Crippen LogP contribution is -2.08. The standard InChI is InChI=1S/C17H16FN3O2S/c1-2-21-15-8-7-12(11-14(15)19-20-21)17(22)23-9-10-24-16-6-4-3-5-13(16)18/h3-8,11H,2,9-10H2,1H3. The molecular formula is C17H16FN3O2S. The van der Waals surface area contributed by atoms with Crippen LogP contribution in [0.5, 0.6) is 0 Å². The average Bonchev–Trinajstić information content (AvgIpc) is 3.02. The molecule has 0 amide bonds. The molecule has 0 unspecified atom stereocenters. The van der Waals surface area contributed by atoms with E-state index in [0.717, 1.165) is 5.52 Å². The zero-order valence-electron chi connectivity index (χ0n) is 13.1. The van der Waals surface area contributed by atoms with Crippen molar-refractivity contribution >= 4 is 28.8 Å². The third kappa shape index (κ3) is 3.56. The summed E-state index contributed by atoms with van der Waals surface area (Å²) in [5.74, 6) is -0.198. The second-order valence-electron chi connectivity index (χ2n) is 5.02. The molecule has 2 aromatic carbocycles. The molecule has 0 spiro atoms. The zero-order valence-corrected chi connectivity index (χ0v) is 13.9. The second-order valence-corrected chi connectivity index (χ2v) is 6.16. The van der Waals surface area contributed by atoms with E-state index in [2.05, 4.69) is 10.3 Å². The molecule has 0 saturated heterocycles. The maximum absolute atomic E-state index is 13.5. The third-order valence-corrected chi connectivity index (χ3v) is 4.47. The number of benzene rings is 2. The summed E-state index contributed by atoms with van der Waals surface area (Å²) in [4.78, 5) is 12.6. The van der Waals surface area contributed by atoms with Gasteiger partial charge in [0.2, 0.25) is 0 Å². The first-order chi connectivity index (χ1) is 11.7. The largest absolute Gasteiger partial charge is 0.461 e. The summed E-state index contributed by atoms with van der Waals surface area (Å²) < 4.78 is 20.5. The molecule has 7 heteroatoms. The smallest absolute Gasteiger partial charge is 0.338 e. The number of esters is 1. The molecule has 0 aliphatic carbocycles. The summed E-state index contributed by atoms with van der Waals surface area (Å²) in [5.41, 5.74) is 1.97. The highest BCUT2D eigenvalue weighted by Gasteiger charge is 2.11. The van der Waals surface area contributed by atoms with Crippen LogP contribution < -0.4 is 0 Å². The van der Waals surface area contributed by atoms with Gasteiger partial charge in [0.05, 0.1) is 11.1 Å². The van der Waals surface area contributed by atoms with Crippen molar-refractivity contribution < 1.29 is 13.9 Å². The van der Waals surface area contributed by atoms with Crippen molar-refractivity contribution in [3.63, 3.8) is 0 Å². The molecule has 1 heterocycles. The fourth-order valence-corrected chi connectivity index (χ4v) is 3.03. The van der Waals surface area contributed by atoms with E-state index in [4.69, 9.17) is 4.74 Å². The summed E-state index contributed by atoms with van der Waals surface area (Å²) in [6, 6.07) is 11.7. The van der Waals surface area contributed by atoms with Crippen molar-refractivity contribution in [1.82, 2.24) is 15.0 Å². The van der Waals surface area contributed by atoms with E-state index in [1.807, 2.05) is 13.0 Å². The van der Waals surface area contributed by atoms with Crippen molar-refractivity contribution in [3.05, 3.63) is 53.8 Å². The summed E-state index contributed by atoms with van der Waals surface area (Å²) in [6.07, 6.45) is 0. The quantitative estimate of drug-likeness (QED) is 0.388. The first-order valence-electron chi connectivity index (χ1n) is 7.56. The number of aryl methyl sites for hydroxylation is 1. The molecule has 0 radical (unpaired) electrons. The fourth-order valence-electron chi connectivity index (χ4n) is 2.26. The maximum Gasteiger partial charge on any atom is 0.338 e. The van der Waals surface area contributed by atoms with Crippen LogP contribution in [0.15, 0.2) is 47.4 Å². The molecule has 1 aromatic heterocycles. The van der Waals surface area contributed by atoms with Crippen LogP contribution in [0.25, 0.3) is 11.0 Å². The van der Waals surface area contributed by atoms with Crippen molar-refractivity contribution in [2.45, 2.75) is 18.4 Å². The lowest BCUT2D eigenvalue weighted by atomic mass is 10.2. The Bertz CT molecular complexity index is 866. The van der Waals surface area contributed by atoms with E-state index >= 15 is 0 Å². The van der Waals surface area contributed by atoms with Crippen LogP contribution in [0.2, 0.25) is 0 Å². The van der Waals surface area contributed by atoms with Gasteiger partial charge < -0.3 is 4.74 Å². The van der Waals surface area contributed by atoms with Gasteiger partial charge in [-0.2, -0.15) is 0 Å².